The van der Waals surface area contributed by atoms with Crippen molar-refractivity contribution >= 4 is 0 Å². The molecule has 0 radical (unpaired) electrons. The van der Waals surface area contributed by atoms with E-state index in [1.165, 1.54) is 6.08 Å². The first-order chi connectivity index (χ1) is 4.86. The lowest BCUT2D eigenvalue weighted by atomic mass is 10.3. The van der Waals surface area contributed by atoms with Crippen molar-refractivity contribution in [1.82, 2.24) is 0 Å². The molecule has 0 aliphatic rings. The fraction of sp³-hybridized carbons (Fsp3) is 0.400. The highest BCUT2D eigenvalue weighted by atomic mass is 15.2. The second-order valence-electron chi connectivity index (χ2n) is 1.86. The van der Waals surface area contributed by atoms with E-state index in [2.05, 4.69) is 6.58 Å². The summed E-state index contributed by atoms with van der Waals surface area (Å²) in [4.78, 5) is 0. The predicted molar refractivity (Wildman–Crippen MR) is 43.3 cm³/mol. The second kappa shape index (κ2) is 5.79. The van der Waals surface area contributed by atoms with Crippen molar-refractivity contribution in [2.45, 2.75) is 12.0 Å². The molecule has 0 fully saturated rings. The largest absolute Gasteiger partial charge is 0.312 e. The highest BCUT2D eigenvalue weighted by Crippen LogP contribution is 1.73. The zero-order chi connectivity index (χ0) is 9.49. The van der Waals surface area contributed by atoms with Gasteiger partial charge in [-0.3, -0.25) is 17.2 Å². The third kappa shape index (κ3) is 12.3. The molecule has 0 aliphatic heterocycles. The number of rotatable bonds is 1. The average molecular weight is 158 g/mol. The first kappa shape index (κ1) is 12.7. The molecule has 0 amide bonds. The minimum Gasteiger partial charge on any atom is -0.312 e. The summed E-state index contributed by atoms with van der Waals surface area (Å²) in [5.41, 5.74) is 24.9. The Labute approximate surface area is 65.6 Å². The maximum Gasteiger partial charge on any atom is 0.145 e. The summed E-state index contributed by atoms with van der Waals surface area (Å²) in [6.45, 7) is 3.12. The van der Waals surface area contributed by atoms with Gasteiger partial charge in [0.2, 0.25) is 0 Å². The topological polar surface area (TPSA) is 154 Å². The van der Waals surface area contributed by atoms with Gasteiger partial charge in [-0.1, -0.05) is 6.58 Å². The lowest BCUT2D eigenvalue weighted by Crippen LogP contribution is -2.72. The van der Waals surface area contributed by atoms with Crippen molar-refractivity contribution < 1.29 is 0 Å². The third-order valence-corrected chi connectivity index (χ3v) is 0.669. The van der Waals surface area contributed by atoms with Gasteiger partial charge < -0.3 is 11.5 Å². The molecule has 0 heterocycles. The van der Waals surface area contributed by atoms with Gasteiger partial charge in [0, 0.05) is 6.08 Å². The molecule has 0 aromatic carbocycles. The SMILES string of the molecule is C=CC#N.NC(N)C(N)(N)N. The molecule has 0 bridgehead atoms. The molecule has 11 heavy (non-hydrogen) atoms. The third-order valence-electron chi connectivity index (χ3n) is 0.669. The molecular formula is C5H14N6. The number of hydrogen-bond donors (Lipinski definition) is 5. The van der Waals surface area contributed by atoms with Crippen LogP contribution in [0, 0.1) is 11.3 Å². The van der Waals surface area contributed by atoms with Gasteiger partial charge in [-0.2, -0.15) is 5.26 Å². The highest BCUT2D eigenvalue weighted by Gasteiger charge is 2.16. The molecule has 0 rings (SSSR count). The molecule has 0 saturated heterocycles. The number of nitrogens with zero attached hydrogens (tertiary/aromatic N) is 1. The van der Waals surface area contributed by atoms with Crippen LogP contribution in [0.4, 0.5) is 0 Å². The van der Waals surface area contributed by atoms with E-state index in [0.29, 0.717) is 0 Å². The summed E-state index contributed by atoms with van der Waals surface area (Å²) in [6, 6.07) is 1.69. The van der Waals surface area contributed by atoms with Crippen molar-refractivity contribution in [3.05, 3.63) is 12.7 Å². The fourth-order valence-corrected chi connectivity index (χ4v) is 0. The van der Waals surface area contributed by atoms with Gasteiger partial charge in [-0.15, -0.1) is 0 Å². The van der Waals surface area contributed by atoms with Crippen LogP contribution < -0.4 is 28.7 Å². The van der Waals surface area contributed by atoms with Gasteiger partial charge in [0.15, 0.2) is 0 Å². The fourth-order valence-electron chi connectivity index (χ4n) is 0. The Kier molecular flexibility index (Phi) is 6.67. The quantitative estimate of drug-likeness (QED) is 0.209. The summed E-state index contributed by atoms with van der Waals surface area (Å²) < 4.78 is 0. The van der Waals surface area contributed by atoms with Gasteiger partial charge in [-0.05, 0) is 0 Å². The molecule has 10 N–H and O–H groups in total. The van der Waals surface area contributed by atoms with Crippen LogP contribution in [0.2, 0.25) is 0 Å². The van der Waals surface area contributed by atoms with Crippen molar-refractivity contribution in [3.8, 4) is 6.07 Å². The summed E-state index contributed by atoms with van der Waals surface area (Å²) in [5, 5.41) is 7.51. The summed E-state index contributed by atoms with van der Waals surface area (Å²) >= 11 is 0. The van der Waals surface area contributed by atoms with Crippen LogP contribution >= 0.6 is 0 Å². The summed E-state index contributed by atoms with van der Waals surface area (Å²) in [7, 11) is 0. The van der Waals surface area contributed by atoms with Crippen molar-refractivity contribution in [3.63, 3.8) is 0 Å². The van der Waals surface area contributed by atoms with Crippen LogP contribution in [0.3, 0.4) is 0 Å². The maximum absolute atomic E-state index is 7.51. The molecule has 0 saturated carbocycles. The van der Waals surface area contributed by atoms with Crippen LogP contribution in [0.25, 0.3) is 0 Å². The van der Waals surface area contributed by atoms with Crippen LogP contribution in [0.1, 0.15) is 0 Å². The Balaban J connectivity index is 0. The number of hydrogen-bond acceptors (Lipinski definition) is 6. The van der Waals surface area contributed by atoms with E-state index in [1.807, 2.05) is 0 Å². The van der Waals surface area contributed by atoms with Gasteiger partial charge in [0.1, 0.15) is 5.79 Å². The monoisotopic (exact) mass is 158 g/mol. The minimum absolute atomic E-state index is 0.868. The van der Waals surface area contributed by atoms with Crippen molar-refractivity contribution in [2.75, 3.05) is 0 Å². The van der Waals surface area contributed by atoms with Gasteiger partial charge >= 0.3 is 0 Å². The summed E-state index contributed by atoms with van der Waals surface area (Å²) in [6.07, 6.45) is 0.312. The second-order valence-corrected chi connectivity index (χ2v) is 1.86. The summed E-state index contributed by atoms with van der Waals surface area (Å²) in [5.74, 6) is -1.44. The Morgan fingerprint density at radius 2 is 1.55 bits per heavy atom. The predicted octanol–water partition coefficient (Wildman–Crippen LogP) is -2.54. The first-order valence-electron chi connectivity index (χ1n) is 2.74. The lowest BCUT2D eigenvalue weighted by molar-refractivity contribution is 0.374. The minimum atomic E-state index is -1.44. The maximum atomic E-state index is 7.51. The van der Waals surface area contributed by atoms with E-state index in [4.69, 9.17) is 33.9 Å². The molecule has 0 aromatic rings. The molecule has 0 unspecified atom stereocenters. The Bertz CT molecular complexity index is 138. The number of nitriles is 1. The number of allylic oxidation sites excluding steroid dienone is 1. The Hall–Kier alpha value is -0.970. The lowest BCUT2D eigenvalue weighted by Gasteiger charge is -2.21. The van der Waals surface area contributed by atoms with Crippen LogP contribution in [0.15, 0.2) is 12.7 Å². The van der Waals surface area contributed by atoms with Crippen LogP contribution in [0.5, 0.6) is 0 Å². The normalized spacial score (nSPS) is 9.55. The molecular weight excluding hydrogens is 144 g/mol. The van der Waals surface area contributed by atoms with E-state index in [1.54, 1.807) is 6.07 Å². The van der Waals surface area contributed by atoms with E-state index in [-0.39, 0.29) is 0 Å². The first-order valence-corrected chi connectivity index (χ1v) is 2.74. The molecule has 0 atom stereocenters. The molecule has 0 aliphatic carbocycles. The van der Waals surface area contributed by atoms with E-state index < -0.39 is 12.0 Å². The van der Waals surface area contributed by atoms with E-state index >= 15 is 0 Å². The van der Waals surface area contributed by atoms with E-state index in [0.717, 1.165) is 0 Å². The molecule has 6 nitrogen and oxygen atoms in total. The average Bonchev–Trinajstić information content (AvgIpc) is 1.87. The molecule has 0 aromatic heterocycles. The number of nitrogens with two attached hydrogens (primary N) is 5. The van der Waals surface area contributed by atoms with Crippen LogP contribution in [-0.2, 0) is 0 Å². The molecule has 6 heteroatoms. The molecule has 64 valence electrons. The Morgan fingerprint density at radius 1 is 1.36 bits per heavy atom. The van der Waals surface area contributed by atoms with E-state index in [9.17, 15) is 0 Å². The molecule has 0 spiro atoms. The zero-order valence-corrected chi connectivity index (χ0v) is 6.20. The van der Waals surface area contributed by atoms with Gasteiger partial charge in [-0.25, -0.2) is 0 Å². The smallest absolute Gasteiger partial charge is 0.145 e. The van der Waals surface area contributed by atoms with Crippen LogP contribution in [-0.4, -0.2) is 12.0 Å². The zero-order valence-electron chi connectivity index (χ0n) is 6.20. The van der Waals surface area contributed by atoms with Crippen molar-refractivity contribution in [2.24, 2.45) is 28.7 Å². The van der Waals surface area contributed by atoms with Gasteiger partial charge in [0.25, 0.3) is 0 Å². The highest BCUT2D eigenvalue weighted by molar-refractivity contribution is 4.93. The Morgan fingerprint density at radius 3 is 1.55 bits per heavy atom. The van der Waals surface area contributed by atoms with Gasteiger partial charge in [0.05, 0.1) is 12.2 Å². The standard InChI is InChI=1S/C3H3N.C2H11N5/c1-2-3-4;3-1(4)2(5,6)7/h2H,1H2;1H,3-7H2. The van der Waals surface area contributed by atoms with Crippen molar-refractivity contribution in [1.29, 1.82) is 5.26 Å².